The summed E-state index contributed by atoms with van der Waals surface area (Å²) in [6.45, 7) is 6.90. The van der Waals surface area contributed by atoms with Gasteiger partial charge in [0, 0.05) is 24.8 Å². The normalized spacial score (nSPS) is 50.3. The number of rotatable bonds is 4. The van der Waals surface area contributed by atoms with Crippen molar-refractivity contribution in [2.75, 3.05) is 0 Å². The molecule has 0 aromatic heterocycles. The number of carbonyl (C=O) groups excluding carboxylic acids is 2. The first-order valence-electron chi connectivity index (χ1n) is 11.8. The van der Waals surface area contributed by atoms with Crippen LogP contribution in [0.25, 0.3) is 0 Å². The first-order valence-corrected chi connectivity index (χ1v) is 11.8. The van der Waals surface area contributed by atoms with Crippen LogP contribution in [-0.2, 0) is 14.3 Å². The lowest BCUT2D eigenvalue weighted by molar-refractivity contribution is -0.161. The Hall–Kier alpha value is -0.900. The molecule has 0 aromatic rings. The molecule has 4 saturated carbocycles. The second kappa shape index (κ2) is 6.55. The smallest absolute Gasteiger partial charge is 0.220 e. The number of piperidine rings is 1. The van der Waals surface area contributed by atoms with Crippen LogP contribution >= 0.6 is 0 Å². The lowest BCUT2D eigenvalue weighted by Crippen LogP contribution is -2.64. The summed E-state index contributed by atoms with van der Waals surface area (Å²) in [6, 6.07) is 0.180. The standard InChI is InChI=1S/C24H37NO3/c1-4-18(26)15-13-19-23(2,12-10-21(27)25-19)17-9-11-24(3)16(22(15)17)7-8-20(24)28-14-5-6-14/h14-17,19-20,22H,4-13H2,1-3H3,(H,25,27)/t15?,16-,17+,19?,20?,22-,23+,24-/m0/s1. The van der Waals surface area contributed by atoms with Crippen molar-refractivity contribution in [3.63, 3.8) is 0 Å². The Bertz CT molecular complexity index is 673. The molecular formula is C24H37NO3. The molecule has 156 valence electrons. The van der Waals surface area contributed by atoms with Gasteiger partial charge in [0.05, 0.1) is 12.2 Å². The van der Waals surface area contributed by atoms with Crippen LogP contribution in [0.4, 0.5) is 0 Å². The van der Waals surface area contributed by atoms with E-state index < -0.39 is 0 Å². The highest BCUT2D eigenvalue weighted by atomic mass is 16.5. The number of nitrogens with one attached hydrogen (secondary N) is 1. The SMILES string of the molecule is CCC(=O)C1CC2NC(=O)CC[C@]2(C)[C@@H]2CC[C@]3(C)C(OC4CC4)CC[C@H]3[C@H]12. The van der Waals surface area contributed by atoms with Gasteiger partial charge in [-0.3, -0.25) is 9.59 Å². The zero-order chi connectivity index (χ0) is 19.7. The largest absolute Gasteiger partial charge is 0.374 e. The lowest BCUT2D eigenvalue weighted by Gasteiger charge is -2.62. The average Bonchev–Trinajstić information content (AvgIpc) is 3.43. The molecule has 4 nitrogen and oxygen atoms in total. The number of fused-ring (bicyclic) bond motifs is 5. The summed E-state index contributed by atoms with van der Waals surface area (Å²) >= 11 is 0. The van der Waals surface area contributed by atoms with Crippen LogP contribution in [0.15, 0.2) is 0 Å². The van der Waals surface area contributed by atoms with Gasteiger partial charge in [0.1, 0.15) is 5.78 Å². The number of ketones is 1. The van der Waals surface area contributed by atoms with E-state index in [2.05, 4.69) is 19.2 Å². The van der Waals surface area contributed by atoms with E-state index in [4.69, 9.17) is 4.74 Å². The summed E-state index contributed by atoms with van der Waals surface area (Å²) in [7, 11) is 0. The van der Waals surface area contributed by atoms with Gasteiger partial charge >= 0.3 is 0 Å². The molecule has 0 radical (unpaired) electrons. The van der Waals surface area contributed by atoms with Gasteiger partial charge in [-0.15, -0.1) is 0 Å². The third-order valence-electron chi connectivity index (χ3n) is 9.71. The summed E-state index contributed by atoms with van der Waals surface area (Å²) < 4.78 is 6.50. The predicted molar refractivity (Wildman–Crippen MR) is 108 cm³/mol. The molecule has 0 aromatic carbocycles. The zero-order valence-corrected chi connectivity index (χ0v) is 17.8. The Labute approximate surface area is 169 Å². The third kappa shape index (κ3) is 2.73. The summed E-state index contributed by atoms with van der Waals surface area (Å²) in [4.78, 5) is 25.2. The van der Waals surface area contributed by atoms with Gasteiger partial charge in [0.2, 0.25) is 5.91 Å². The summed E-state index contributed by atoms with van der Waals surface area (Å²) in [5.74, 6) is 2.37. The molecule has 5 aliphatic rings. The molecule has 1 amide bonds. The van der Waals surface area contributed by atoms with Crippen molar-refractivity contribution in [2.24, 2.45) is 34.5 Å². The van der Waals surface area contributed by atoms with Crippen molar-refractivity contribution >= 4 is 11.7 Å². The molecule has 3 unspecified atom stereocenters. The summed E-state index contributed by atoms with van der Waals surface area (Å²) in [6.07, 6.45) is 11.3. The molecule has 1 N–H and O–H groups in total. The molecule has 1 heterocycles. The molecule has 1 aliphatic heterocycles. The minimum absolute atomic E-state index is 0.121. The van der Waals surface area contributed by atoms with Crippen molar-refractivity contribution in [3.8, 4) is 0 Å². The van der Waals surface area contributed by atoms with Crippen molar-refractivity contribution < 1.29 is 14.3 Å². The van der Waals surface area contributed by atoms with Gasteiger partial charge in [0.15, 0.2) is 0 Å². The van der Waals surface area contributed by atoms with Crippen LogP contribution in [-0.4, -0.2) is 29.9 Å². The third-order valence-corrected chi connectivity index (χ3v) is 9.71. The van der Waals surface area contributed by atoms with E-state index in [1.54, 1.807) is 0 Å². The van der Waals surface area contributed by atoms with Gasteiger partial charge in [0.25, 0.3) is 0 Å². The molecule has 4 aliphatic carbocycles. The lowest BCUT2D eigenvalue weighted by atomic mass is 9.44. The van der Waals surface area contributed by atoms with Gasteiger partial charge in [-0.2, -0.15) is 0 Å². The Balaban J connectivity index is 1.49. The highest BCUT2D eigenvalue weighted by Gasteiger charge is 2.64. The minimum Gasteiger partial charge on any atom is -0.374 e. The van der Waals surface area contributed by atoms with Crippen LogP contribution in [0.3, 0.4) is 0 Å². The number of hydrogen-bond donors (Lipinski definition) is 1. The maximum atomic E-state index is 13.1. The van der Waals surface area contributed by atoms with Gasteiger partial charge in [-0.1, -0.05) is 20.8 Å². The predicted octanol–water partition coefficient (Wildman–Crippen LogP) is 4.26. The first-order chi connectivity index (χ1) is 13.4. The molecule has 8 atom stereocenters. The molecule has 5 fully saturated rings. The van der Waals surface area contributed by atoms with E-state index in [0.29, 0.717) is 48.6 Å². The Morgan fingerprint density at radius 1 is 1.07 bits per heavy atom. The highest BCUT2D eigenvalue weighted by Crippen LogP contribution is 2.66. The zero-order valence-electron chi connectivity index (χ0n) is 17.8. The number of Topliss-reactive ketones (excluding diaryl/α,β-unsaturated/α-hetero) is 1. The Morgan fingerprint density at radius 3 is 2.54 bits per heavy atom. The number of amides is 1. The van der Waals surface area contributed by atoms with Crippen molar-refractivity contribution in [2.45, 2.75) is 103 Å². The van der Waals surface area contributed by atoms with Gasteiger partial charge in [-0.25, -0.2) is 0 Å². The van der Waals surface area contributed by atoms with E-state index in [1.165, 1.54) is 38.5 Å². The van der Waals surface area contributed by atoms with Crippen LogP contribution < -0.4 is 5.32 Å². The molecular weight excluding hydrogens is 350 g/mol. The fourth-order valence-corrected chi connectivity index (χ4v) is 7.92. The van der Waals surface area contributed by atoms with Crippen molar-refractivity contribution in [3.05, 3.63) is 0 Å². The minimum atomic E-state index is 0.121. The number of hydrogen-bond acceptors (Lipinski definition) is 3. The van der Waals surface area contributed by atoms with Gasteiger partial charge in [-0.05, 0) is 80.0 Å². The molecule has 5 rings (SSSR count). The summed E-state index contributed by atoms with van der Waals surface area (Å²) in [5.41, 5.74) is 0.386. The topological polar surface area (TPSA) is 55.4 Å². The van der Waals surface area contributed by atoms with E-state index in [1.807, 2.05) is 6.92 Å². The average molecular weight is 388 g/mol. The van der Waals surface area contributed by atoms with Crippen LogP contribution in [0.2, 0.25) is 0 Å². The van der Waals surface area contributed by atoms with Crippen LogP contribution in [0, 0.1) is 34.5 Å². The second-order valence-corrected chi connectivity index (χ2v) is 11.0. The summed E-state index contributed by atoms with van der Waals surface area (Å²) in [5, 5.41) is 3.30. The quantitative estimate of drug-likeness (QED) is 0.784. The fourth-order valence-electron chi connectivity index (χ4n) is 7.92. The van der Waals surface area contributed by atoms with E-state index in [9.17, 15) is 9.59 Å². The Kier molecular flexibility index (Phi) is 4.47. The maximum Gasteiger partial charge on any atom is 0.220 e. The second-order valence-electron chi connectivity index (χ2n) is 11.0. The first kappa shape index (κ1) is 19.1. The number of carbonyl (C=O) groups is 2. The highest BCUT2D eigenvalue weighted by molar-refractivity contribution is 5.82. The van der Waals surface area contributed by atoms with E-state index in [0.717, 1.165) is 12.8 Å². The molecule has 0 spiro atoms. The van der Waals surface area contributed by atoms with E-state index >= 15 is 0 Å². The molecule has 1 saturated heterocycles. The maximum absolute atomic E-state index is 13.1. The van der Waals surface area contributed by atoms with Crippen molar-refractivity contribution in [1.82, 2.24) is 5.32 Å². The van der Waals surface area contributed by atoms with Crippen LogP contribution in [0.1, 0.15) is 85.0 Å². The molecule has 28 heavy (non-hydrogen) atoms. The fraction of sp³-hybridized carbons (Fsp3) is 0.917. The molecule has 0 bridgehead atoms. The Morgan fingerprint density at radius 2 is 1.82 bits per heavy atom. The van der Waals surface area contributed by atoms with E-state index in [-0.39, 0.29) is 28.7 Å². The van der Waals surface area contributed by atoms with Gasteiger partial charge < -0.3 is 10.1 Å². The molecule has 4 heteroatoms. The monoisotopic (exact) mass is 387 g/mol. The van der Waals surface area contributed by atoms with Crippen LogP contribution in [0.5, 0.6) is 0 Å². The number of ether oxygens (including phenoxy) is 1. The van der Waals surface area contributed by atoms with Crippen molar-refractivity contribution in [1.29, 1.82) is 0 Å².